The van der Waals surface area contributed by atoms with Crippen LogP contribution in [0.15, 0.2) is 0 Å². The molecule has 11 heteroatoms. The van der Waals surface area contributed by atoms with Crippen LogP contribution in [0.25, 0.3) is 0 Å². The van der Waals surface area contributed by atoms with Gasteiger partial charge in [0, 0.05) is 56.5 Å². The van der Waals surface area contributed by atoms with Crippen molar-refractivity contribution in [1.29, 1.82) is 31.6 Å². The van der Waals surface area contributed by atoms with Gasteiger partial charge in [0.15, 0.2) is 0 Å². The van der Waals surface area contributed by atoms with E-state index in [0.717, 1.165) is 0 Å². The number of nitrogens with zero attached hydrogens (tertiary/aromatic N) is 6. The van der Waals surface area contributed by atoms with E-state index in [1.165, 1.54) is 0 Å². The van der Waals surface area contributed by atoms with Crippen molar-refractivity contribution in [2.24, 2.45) is 0 Å². The third-order valence-corrected chi connectivity index (χ3v) is 0. The molecule has 0 aromatic rings. The summed E-state index contributed by atoms with van der Waals surface area (Å²) in [6.45, 7) is 21.0. The first-order valence-electron chi connectivity index (χ1n) is 1.55. The summed E-state index contributed by atoms with van der Waals surface area (Å²) < 4.78 is 0. The van der Waals surface area contributed by atoms with Gasteiger partial charge >= 0.3 is 206 Å². The Bertz CT molecular complexity index is 106. The van der Waals surface area contributed by atoms with E-state index in [9.17, 15) is 0 Å². The first kappa shape index (κ1) is 84.0. The Morgan fingerprint density at radius 3 is 0.294 bits per heavy atom. The average Bonchev–Trinajstić information content (AvgIpc) is 2.33. The molecular formula is C6H6FeK4N6+4. The predicted octanol–water partition coefficient (Wildman–Crippen LogP) is -11.1. The smallest absolute Gasteiger partial charge is 0.202 e. The zero-order valence-corrected chi connectivity index (χ0v) is 24.1. The fraction of sp³-hybridized carbons (Fsp3) is 0. The van der Waals surface area contributed by atoms with Crippen LogP contribution in [0.1, 0.15) is 0 Å². The van der Waals surface area contributed by atoms with Crippen LogP contribution in [0.4, 0.5) is 0 Å². The van der Waals surface area contributed by atoms with Crippen LogP contribution in [-0.2, 0) is 17.1 Å². The van der Waals surface area contributed by atoms with Gasteiger partial charge in [0.25, 0.3) is 0 Å². The summed E-state index contributed by atoms with van der Waals surface area (Å²) in [6.07, 6.45) is 0. The molecule has 68 valence electrons. The van der Waals surface area contributed by atoms with Gasteiger partial charge in [-0.1, -0.05) is 0 Å². The third-order valence-electron chi connectivity index (χ3n) is 0. The maximum absolute atomic E-state index is 6.50. The number of rotatable bonds is 0. The molecule has 0 aliphatic heterocycles. The van der Waals surface area contributed by atoms with Crippen molar-refractivity contribution in [1.82, 2.24) is 0 Å². The number of nitriles is 6. The molecule has 0 saturated carbocycles. The molecule has 0 bridgehead atoms. The zero-order valence-electron chi connectivity index (χ0n) is 10.5. The number of hydrogen-bond acceptors (Lipinski definition) is 6. The van der Waals surface area contributed by atoms with E-state index in [2.05, 4.69) is 39.4 Å². The normalized spacial score (nSPS) is 0.706. The van der Waals surface area contributed by atoms with Gasteiger partial charge in [0.1, 0.15) is 0 Å². The van der Waals surface area contributed by atoms with Gasteiger partial charge in [0.05, 0.1) is 0 Å². The van der Waals surface area contributed by atoms with E-state index in [0.29, 0.717) is 0 Å². The Balaban J connectivity index is -0.00000000267. The van der Waals surface area contributed by atoms with Crippen molar-refractivity contribution >= 4 is 0 Å². The van der Waals surface area contributed by atoms with Gasteiger partial charge in [-0.2, -0.15) is 0 Å². The molecule has 0 aliphatic carbocycles. The van der Waals surface area contributed by atoms with Gasteiger partial charge in [-0.25, -0.2) is 31.6 Å². The summed E-state index contributed by atoms with van der Waals surface area (Å²) in [5, 5.41) is 39.0. The van der Waals surface area contributed by atoms with Crippen molar-refractivity contribution in [2.45, 2.75) is 0 Å². The first-order chi connectivity index (χ1) is 6.00. The maximum atomic E-state index is 6.50. The first-order valence-corrected chi connectivity index (χ1v) is 1.55. The van der Waals surface area contributed by atoms with Gasteiger partial charge in [0.2, 0.25) is 0 Å². The van der Waals surface area contributed by atoms with Crippen LogP contribution in [0, 0.1) is 71.0 Å². The molecule has 0 aromatic heterocycles. The Morgan fingerprint density at radius 2 is 0.294 bits per heavy atom. The van der Waals surface area contributed by atoms with E-state index in [1.807, 2.05) is 0 Å². The monoisotopic (exact) mass is 374 g/mol. The Morgan fingerprint density at radius 1 is 0.294 bits per heavy atom. The van der Waals surface area contributed by atoms with Crippen LogP contribution < -0.4 is 206 Å². The largest absolute Gasteiger partial charge is 1.00 e. The topological polar surface area (TPSA) is 143 Å². The van der Waals surface area contributed by atoms with Crippen LogP contribution in [0.3, 0.4) is 0 Å². The third kappa shape index (κ3) is 404. The van der Waals surface area contributed by atoms with E-state index in [4.69, 9.17) is 31.6 Å². The second-order valence-corrected chi connectivity index (χ2v) is 0. The summed E-state index contributed by atoms with van der Waals surface area (Å²) in [6, 6.07) is 0. The van der Waals surface area contributed by atoms with Crippen LogP contribution in [0.5, 0.6) is 0 Å². The zero-order chi connectivity index (χ0) is 12.0. The maximum Gasteiger partial charge on any atom is 1.00 e. The van der Waals surface area contributed by atoms with E-state index >= 15 is 0 Å². The SMILES string of the molecule is C#N.C#N.C#N.C#N.C#N.C#N.[Fe].[K+].[K+].[K+].[K+]. The molecule has 0 N–H and O–H groups in total. The standard InChI is InChI=1S/6CHN.Fe.4K/c6*1-2;;;;;/h6*1H;;;;;/q;;;;;;;4*+1. The Hall–Kier alpha value is 4.00. The molecule has 0 rings (SSSR count). The molecule has 6 nitrogen and oxygen atoms in total. The van der Waals surface area contributed by atoms with E-state index in [-0.39, 0.29) is 223 Å². The molecule has 0 amide bonds. The van der Waals surface area contributed by atoms with Gasteiger partial charge in [-0.05, 0) is 0 Å². The fourth-order valence-corrected chi connectivity index (χ4v) is 0. The summed E-state index contributed by atoms with van der Waals surface area (Å²) in [4.78, 5) is 0. The minimum absolute atomic E-state index is 0. The van der Waals surface area contributed by atoms with Crippen molar-refractivity contribution in [3.8, 4) is 39.4 Å². The Kier molecular flexibility index (Phi) is 2230. The minimum Gasteiger partial charge on any atom is -0.202 e. The molecule has 0 aliphatic rings. The predicted molar refractivity (Wildman–Crippen MR) is 40.0 cm³/mol. The van der Waals surface area contributed by atoms with Gasteiger partial charge < -0.3 is 0 Å². The summed E-state index contributed by atoms with van der Waals surface area (Å²) >= 11 is 0. The van der Waals surface area contributed by atoms with E-state index < -0.39 is 0 Å². The molecule has 0 unspecified atom stereocenters. The van der Waals surface area contributed by atoms with Crippen molar-refractivity contribution < 1.29 is 223 Å². The molecule has 0 fully saturated rings. The molecule has 0 saturated heterocycles. The molecule has 0 atom stereocenters. The Labute approximate surface area is 284 Å². The minimum atomic E-state index is 0. The van der Waals surface area contributed by atoms with Crippen LogP contribution in [0.2, 0.25) is 0 Å². The molecular weight excluding hydrogens is 368 g/mol. The summed E-state index contributed by atoms with van der Waals surface area (Å²) in [5.74, 6) is 0. The number of hydrogen-bond donors (Lipinski definition) is 0. The fourth-order valence-electron chi connectivity index (χ4n) is 0. The second-order valence-electron chi connectivity index (χ2n) is 0. The molecule has 0 radical (unpaired) electrons. The van der Waals surface area contributed by atoms with E-state index in [1.54, 1.807) is 0 Å². The quantitative estimate of drug-likeness (QED) is 0.385. The van der Waals surface area contributed by atoms with Crippen LogP contribution >= 0.6 is 0 Å². The molecule has 0 spiro atoms. The van der Waals surface area contributed by atoms with Crippen molar-refractivity contribution in [3.63, 3.8) is 0 Å². The molecule has 17 heavy (non-hydrogen) atoms. The van der Waals surface area contributed by atoms with Crippen molar-refractivity contribution in [3.05, 3.63) is 0 Å². The summed E-state index contributed by atoms with van der Waals surface area (Å²) in [5.41, 5.74) is 0. The van der Waals surface area contributed by atoms with Gasteiger partial charge in [-0.3, -0.25) is 0 Å². The molecule has 0 heterocycles. The second kappa shape index (κ2) is 450. The average molecular weight is 374 g/mol. The van der Waals surface area contributed by atoms with Gasteiger partial charge in [-0.15, -0.1) is 0 Å². The van der Waals surface area contributed by atoms with Crippen molar-refractivity contribution in [2.75, 3.05) is 0 Å². The summed E-state index contributed by atoms with van der Waals surface area (Å²) in [7, 11) is 0. The van der Waals surface area contributed by atoms with Crippen LogP contribution in [-0.4, -0.2) is 0 Å². The molecule has 0 aromatic carbocycles.